The van der Waals surface area contributed by atoms with Crippen molar-refractivity contribution in [1.29, 1.82) is 0 Å². The smallest absolute Gasteiger partial charge is 0.191 e. The van der Waals surface area contributed by atoms with Crippen LogP contribution in [0.3, 0.4) is 0 Å². The number of nitrogens with zero attached hydrogens (tertiary/aromatic N) is 2. The van der Waals surface area contributed by atoms with Crippen LogP contribution in [0.2, 0.25) is 0 Å². The number of aliphatic imine (C=N–C) groups is 1. The van der Waals surface area contributed by atoms with Crippen LogP contribution in [-0.4, -0.2) is 56.3 Å². The maximum absolute atomic E-state index is 5.76. The van der Waals surface area contributed by atoms with E-state index in [9.17, 15) is 0 Å². The zero-order valence-corrected chi connectivity index (χ0v) is 17.4. The van der Waals surface area contributed by atoms with Crippen LogP contribution in [0.1, 0.15) is 25.1 Å². The number of ether oxygens (including phenoxy) is 1. The first-order valence-electron chi connectivity index (χ1n) is 8.02. The molecule has 2 rings (SSSR count). The molecule has 0 aliphatic carbocycles. The van der Waals surface area contributed by atoms with Crippen molar-refractivity contribution in [3.8, 4) is 0 Å². The summed E-state index contributed by atoms with van der Waals surface area (Å²) in [5.41, 5.74) is 0. The van der Waals surface area contributed by atoms with Crippen molar-refractivity contribution >= 4 is 41.3 Å². The highest BCUT2D eigenvalue weighted by atomic mass is 127. The molecule has 0 amide bonds. The molecule has 1 fully saturated rings. The second-order valence-electron chi connectivity index (χ2n) is 5.80. The zero-order chi connectivity index (χ0) is 15.8. The van der Waals surface area contributed by atoms with Gasteiger partial charge in [-0.1, -0.05) is 6.07 Å². The first-order chi connectivity index (χ1) is 10.7. The summed E-state index contributed by atoms with van der Waals surface area (Å²) in [6.07, 6.45) is 1.80. The van der Waals surface area contributed by atoms with Crippen LogP contribution in [0.4, 0.5) is 0 Å². The Labute approximate surface area is 160 Å². The Balaban J connectivity index is 0.00000264. The molecule has 5 nitrogen and oxygen atoms in total. The fourth-order valence-corrected chi connectivity index (χ4v) is 3.43. The monoisotopic (exact) mass is 452 g/mol. The Bertz CT molecular complexity index is 445. The Morgan fingerprint density at radius 3 is 2.70 bits per heavy atom. The lowest BCUT2D eigenvalue weighted by atomic mass is 10.2. The van der Waals surface area contributed by atoms with Crippen LogP contribution in [0.15, 0.2) is 22.5 Å². The van der Waals surface area contributed by atoms with Crippen molar-refractivity contribution in [2.45, 2.75) is 39.0 Å². The van der Waals surface area contributed by atoms with Crippen molar-refractivity contribution in [2.24, 2.45) is 4.99 Å². The van der Waals surface area contributed by atoms with E-state index in [1.807, 2.05) is 7.05 Å². The summed E-state index contributed by atoms with van der Waals surface area (Å²) in [7, 11) is 1.81. The molecule has 2 unspecified atom stereocenters. The predicted octanol–water partition coefficient (Wildman–Crippen LogP) is 2.53. The molecular formula is C16H29IN4OS. The van der Waals surface area contributed by atoms with E-state index in [-0.39, 0.29) is 24.0 Å². The molecule has 1 saturated heterocycles. The van der Waals surface area contributed by atoms with E-state index < -0.39 is 0 Å². The topological polar surface area (TPSA) is 48.9 Å². The summed E-state index contributed by atoms with van der Waals surface area (Å²) in [5.74, 6) is 0.872. The minimum Gasteiger partial charge on any atom is -0.373 e. The van der Waals surface area contributed by atoms with Gasteiger partial charge in [-0.25, -0.2) is 0 Å². The third-order valence-electron chi connectivity index (χ3n) is 3.67. The molecule has 23 heavy (non-hydrogen) atoms. The van der Waals surface area contributed by atoms with Crippen LogP contribution >= 0.6 is 35.3 Å². The summed E-state index contributed by atoms with van der Waals surface area (Å²) < 4.78 is 5.76. The van der Waals surface area contributed by atoms with Gasteiger partial charge in [-0.2, -0.15) is 0 Å². The number of hydrogen-bond donors (Lipinski definition) is 2. The standard InChI is InChI=1S/C16H28N4OS.HI/c1-13-11-20(12-14(2)21-13)8-5-7-18-16(17-3)19-10-15-6-4-9-22-15;/h4,6,9,13-14H,5,7-8,10-12H2,1-3H3,(H2,17,18,19);1H. The lowest BCUT2D eigenvalue weighted by molar-refractivity contribution is -0.0679. The minimum atomic E-state index is 0. The third-order valence-corrected chi connectivity index (χ3v) is 4.55. The van der Waals surface area contributed by atoms with Crippen LogP contribution in [0.5, 0.6) is 0 Å². The van der Waals surface area contributed by atoms with E-state index in [0.29, 0.717) is 12.2 Å². The van der Waals surface area contributed by atoms with E-state index in [1.165, 1.54) is 4.88 Å². The molecule has 2 N–H and O–H groups in total. The molecule has 0 spiro atoms. The van der Waals surface area contributed by atoms with Gasteiger partial charge in [-0.05, 0) is 31.7 Å². The molecular weight excluding hydrogens is 423 g/mol. The Morgan fingerprint density at radius 1 is 1.35 bits per heavy atom. The van der Waals surface area contributed by atoms with Gasteiger partial charge >= 0.3 is 0 Å². The van der Waals surface area contributed by atoms with Crippen LogP contribution < -0.4 is 10.6 Å². The van der Waals surface area contributed by atoms with Crippen molar-refractivity contribution < 1.29 is 4.74 Å². The van der Waals surface area contributed by atoms with Crippen molar-refractivity contribution in [3.05, 3.63) is 22.4 Å². The third kappa shape index (κ3) is 7.82. The van der Waals surface area contributed by atoms with Crippen LogP contribution in [0.25, 0.3) is 0 Å². The lowest BCUT2D eigenvalue weighted by Crippen LogP contribution is -2.46. The molecule has 0 aromatic carbocycles. The maximum atomic E-state index is 5.76. The van der Waals surface area contributed by atoms with Crippen molar-refractivity contribution in [2.75, 3.05) is 33.2 Å². The summed E-state index contributed by atoms with van der Waals surface area (Å²) in [6.45, 7) is 9.24. The number of halogens is 1. The van der Waals surface area contributed by atoms with E-state index in [2.05, 4.69) is 51.9 Å². The average Bonchev–Trinajstić information content (AvgIpc) is 2.99. The fraction of sp³-hybridized carbons (Fsp3) is 0.688. The van der Waals surface area contributed by atoms with Gasteiger partial charge in [0.2, 0.25) is 0 Å². The highest BCUT2D eigenvalue weighted by Gasteiger charge is 2.21. The number of thiophene rings is 1. The molecule has 0 bridgehead atoms. The van der Waals surface area contributed by atoms with Crippen LogP contribution in [-0.2, 0) is 11.3 Å². The maximum Gasteiger partial charge on any atom is 0.191 e. The van der Waals surface area contributed by atoms with Crippen molar-refractivity contribution in [1.82, 2.24) is 15.5 Å². The molecule has 1 aromatic rings. The first kappa shape index (κ1) is 20.7. The van der Waals surface area contributed by atoms with Gasteiger partial charge in [0.1, 0.15) is 0 Å². The molecule has 2 atom stereocenters. The lowest BCUT2D eigenvalue weighted by Gasteiger charge is -2.35. The molecule has 132 valence electrons. The molecule has 1 aromatic heterocycles. The summed E-state index contributed by atoms with van der Waals surface area (Å²) in [6, 6.07) is 4.20. The van der Waals surface area contributed by atoms with Gasteiger partial charge in [-0.15, -0.1) is 35.3 Å². The minimum absolute atomic E-state index is 0. The summed E-state index contributed by atoms with van der Waals surface area (Å²) in [5, 5.41) is 8.81. The number of morpholine rings is 1. The summed E-state index contributed by atoms with van der Waals surface area (Å²) in [4.78, 5) is 8.07. The number of hydrogen-bond acceptors (Lipinski definition) is 4. The van der Waals surface area contributed by atoms with Gasteiger partial charge in [0.05, 0.1) is 18.8 Å². The fourth-order valence-electron chi connectivity index (χ4n) is 2.78. The normalized spacial score (nSPS) is 22.5. The first-order valence-corrected chi connectivity index (χ1v) is 8.90. The average molecular weight is 452 g/mol. The van der Waals surface area contributed by atoms with Crippen LogP contribution in [0, 0.1) is 0 Å². The highest BCUT2D eigenvalue weighted by Crippen LogP contribution is 2.10. The second-order valence-corrected chi connectivity index (χ2v) is 6.83. The van der Waals surface area contributed by atoms with Gasteiger partial charge in [0.25, 0.3) is 0 Å². The second kappa shape index (κ2) is 11.2. The van der Waals surface area contributed by atoms with E-state index in [4.69, 9.17) is 4.74 Å². The summed E-state index contributed by atoms with van der Waals surface area (Å²) >= 11 is 1.76. The van der Waals surface area contributed by atoms with Crippen molar-refractivity contribution in [3.63, 3.8) is 0 Å². The highest BCUT2D eigenvalue weighted by molar-refractivity contribution is 14.0. The predicted molar refractivity (Wildman–Crippen MR) is 109 cm³/mol. The molecule has 2 heterocycles. The quantitative estimate of drug-likeness (QED) is 0.302. The Hall–Kier alpha value is -0.380. The Morgan fingerprint density at radius 2 is 2.09 bits per heavy atom. The number of rotatable bonds is 6. The van der Waals surface area contributed by atoms with E-state index in [1.54, 1.807) is 11.3 Å². The number of guanidine groups is 1. The molecule has 1 aliphatic rings. The van der Waals surface area contributed by atoms with Gasteiger partial charge in [0, 0.05) is 38.1 Å². The molecule has 1 aliphatic heterocycles. The van der Waals surface area contributed by atoms with E-state index in [0.717, 1.165) is 45.1 Å². The molecule has 0 radical (unpaired) electrons. The largest absolute Gasteiger partial charge is 0.373 e. The SMILES string of the molecule is CN=C(NCCCN1CC(C)OC(C)C1)NCc1cccs1.I. The Kier molecular flexibility index (Phi) is 10.1. The molecule has 0 saturated carbocycles. The number of nitrogens with one attached hydrogen (secondary N) is 2. The molecule has 7 heteroatoms. The van der Waals surface area contributed by atoms with E-state index >= 15 is 0 Å². The van der Waals surface area contributed by atoms with Gasteiger partial charge in [0.15, 0.2) is 5.96 Å². The van der Waals surface area contributed by atoms with Gasteiger partial charge < -0.3 is 15.4 Å². The van der Waals surface area contributed by atoms with Gasteiger partial charge in [-0.3, -0.25) is 9.89 Å². The zero-order valence-electron chi connectivity index (χ0n) is 14.2.